The fourth-order valence-electron chi connectivity index (χ4n) is 2.51. The zero-order chi connectivity index (χ0) is 11.9. The van der Waals surface area contributed by atoms with Gasteiger partial charge < -0.3 is 20.5 Å². The monoisotopic (exact) mass is 228 g/mol. The van der Waals surface area contributed by atoms with Gasteiger partial charge in [0.05, 0.1) is 12.1 Å². The molecule has 1 aliphatic carbocycles. The molecule has 2 aliphatic rings. The summed E-state index contributed by atoms with van der Waals surface area (Å²) in [6.45, 7) is 6.34. The first-order chi connectivity index (χ1) is 7.37. The van der Waals surface area contributed by atoms with Crippen LogP contribution in [0.3, 0.4) is 0 Å². The van der Waals surface area contributed by atoms with E-state index in [1.54, 1.807) is 0 Å². The lowest BCUT2D eigenvalue weighted by molar-refractivity contribution is 0.0377. The average Bonchev–Trinajstić information content (AvgIpc) is 2.66. The van der Waals surface area contributed by atoms with Gasteiger partial charge in [-0.3, -0.25) is 0 Å². The van der Waals surface area contributed by atoms with Crippen LogP contribution >= 0.6 is 0 Å². The van der Waals surface area contributed by atoms with Gasteiger partial charge in [-0.15, -0.1) is 0 Å². The van der Waals surface area contributed by atoms with Crippen molar-refractivity contribution in [2.24, 2.45) is 5.92 Å². The molecule has 0 unspecified atom stereocenters. The number of aliphatic hydroxyl groups is 1. The van der Waals surface area contributed by atoms with E-state index >= 15 is 0 Å². The molecule has 4 atom stereocenters. The van der Waals surface area contributed by atoms with Gasteiger partial charge in [-0.1, -0.05) is 0 Å². The maximum absolute atomic E-state index is 11.6. The van der Waals surface area contributed by atoms with Crippen LogP contribution in [0.4, 0.5) is 4.79 Å². The first-order valence-electron chi connectivity index (χ1n) is 5.78. The summed E-state index contributed by atoms with van der Waals surface area (Å²) in [5.74, 6) is 0.326. The summed E-state index contributed by atoms with van der Waals surface area (Å²) >= 11 is 0. The molecule has 2 rings (SSSR count). The third kappa shape index (κ3) is 2.30. The Bertz CT molecular complexity index is 285. The van der Waals surface area contributed by atoms with E-state index in [9.17, 15) is 9.90 Å². The van der Waals surface area contributed by atoms with Crippen molar-refractivity contribution in [3.05, 3.63) is 0 Å². The molecule has 16 heavy (non-hydrogen) atoms. The number of nitrogens with one attached hydrogen (secondary N) is 2. The van der Waals surface area contributed by atoms with Crippen LogP contribution in [0.2, 0.25) is 0 Å². The number of hydrogen-bond acceptors (Lipinski definition) is 4. The van der Waals surface area contributed by atoms with E-state index in [-0.39, 0.29) is 12.1 Å². The smallest absolute Gasteiger partial charge is 0.407 e. The number of carbonyl (C=O) groups excluding carboxylic acids is 1. The van der Waals surface area contributed by atoms with Crippen molar-refractivity contribution in [1.29, 1.82) is 0 Å². The summed E-state index contributed by atoms with van der Waals surface area (Å²) in [5, 5.41) is 15.9. The first kappa shape index (κ1) is 11.7. The molecule has 5 heteroatoms. The number of hydrogen-bond donors (Lipinski definition) is 3. The highest BCUT2D eigenvalue weighted by Crippen LogP contribution is 2.31. The van der Waals surface area contributed by atoms with Crippen molar-refractivity contribution in [2.75, 3.05) is 6.54 Å². The van der Waals surface area contributed by atoms with Crippen LogP contribution < -0.4 is 10.6 Å². The molecule has 1 saturated carbocycles. The normalized spacial score (nSPS) is 37.5. The minimum Gasteiger partial charge on any atom is -0.444 e. The highest BCUT2D eigenvalue weighted by Gasteiger charge is 2.47. The minimum atomic E-state index is -0.495. The number of alkyl carbamates (subject to hydrolysis) is 1. The van der Waals surface area contributed by atoms with E-state index in [1.807, 2.05) is 20.8 Å². The van der Waals surface area contributed by atoms with Crippen LogP contribution in [0, 0.1) is 5.92 Å². The molecule has 0 aromatic heterocycles. The van der Waals surface area contributed by atoms with Gasteiger partial charge in [-0.05, 0) is 33.1 Å². The second-order valence-electron chi connectivity index (χ2n) is 5.67. The van der Waals surface area contributed by atoms with Gasteiger partial charge in [0.1, 0.15) is 5.60 Å². The quantitative estimate of drug-likeness (QED) is 0.601. The van der Waals surface area contributed by atoms with Gasteiger partial charge in [0.15, 0.2) is 0 Å². The average molecular weight is 228 g/mol. The molecule has 2 fully saturated rings. The van der Waals surface area contributed by atoms with Crippen LogP contribution in [0.15, 0.2) is 0 Å². The third-order valence-electron chi connectivity index (χ3n) is 3.17. The number of aliphatic hydroxyl groups excluding tert-OH is 1. The van der Waals surface area contributed by atoms with E-state index in [0.717, 1.165) is 13.0 Å². The Kier molecular flexibility index (Phi) is 2.84. The molecular weight excluding hydrogens is 208 g/mol. The Labute approximate surface area is 95.5 Å². The van der Waals surface area contributed by atoms with E-state index < -0.39 is 17.8 Å². The highest BCUT2D eigenvalue weighted by molar-refractivity contribution is 5.68. The van der Waals surface area contributed by atoms with Crippen molar-refractivity contribution in [2.45, 2.75) is 51.0 Å². The summed E-state index contributed by atoms with van der Waals surface area (Å²) in [7, 11) is 0. The third-order valence-corrected chi connectivity index (χ3v) is 3.17. The van der Waals surface area contributed by atoms with E-state index in [1.165, 1.54) is 0 Å². The number of carbonyl (C=O) groups is 1. The Morgan fingerprint density at radius 1 is 1.50 bits per heavy atom. The first-order valence-corrected chi connectivity index (χ1v) is 5.78. The summed E-state index contributed by atoms with van der Waals surface area (Å²) in [6, 6.07) is -0.0361. The number of fused-ring (bicyclic) bond motifs is 2. The summed E-state index contributed by atoms with van der Waals surface area (Å²) in [6.07, 6.45) is -0.00267. The van der Waals surface area contributed by atoms with Crippen LogP contribution in [-0.2, 0) is 4.74 Å². The molecule has 0 radical (unpaired) electrons. The van der Waals surface area contributed by atoms with Crippen molar-refractivity contribution in [3.8, 4) is 0 Å². The minimum absolute atomic E-state index is 0.130. The molecule has 92 valence electrons. The summed E-state index contributed by atoms with van der Waals surface area (Å²) in [5.41, 5.74) is -0.495. The lowest BCUT2D eigenvalue weighted by Crippen LogP contribution is -2.54. The fourth-order valence-corrected chi connectivity index (χ4v) is 2.51. The molecule has 1 saturated heterocycles. The number of piperidine rings is 1. The predicted octanol–water partition coefficient (Wildman–Crippen LogP) is 0.232. The van der Waals surface area contributed by atoms with E-state index in [4.69, 9.17) is 4.74 Å². The van der Waals surface area contributed by atoms with Gasteiger partial charge in [0.25, 0.3) is 0 Å². The zero-order valence-corrected chi connectivity index (χ0v) is 9.99. The molecule has 2 bridgehead atoms. The van der Waals surface area contributed by atoms with Crippen LogP contribution in [0.1, 0.15) is 27.2 Å². The second kappa shape index (κ2) is 3.89. The molecule has 1 amide bonds. The highest BCUT2D eigenvalue weighted by atomic mass is 16.6. The summed E-state index contributed by atoms with van der Waals surface area (Å²) in [4.78, 5) is 11.6. The SMILES string of the molecule is CC(C)(C)OC(=O)N[C@@H]1[C@H]2CN[C@@H](C2)[C@@H]1O. The van der Waals surface area contributed by atoms with Gasteiger partial charge in [0.2, 0.25) is 0 Å². The Balaban J connectivity index is 1.88. The maximum atomic E-state index is 11.6. The fraction of sp³-hybridized carbons (Fsp3) is 0.909. The lowest BCUT2D eigenvalue weighted by Gasteiger charge is -2.29. The maximum Gasteiger partial charge on any atom is 0.407 e. The van der Waals surface area contributed by atoms with Crippen LogP contribution in [0.25, 0.3) is 0 Å². The molecule has 1 aliphatic heterocycles. The van der Waals surface area contributed by atoms with Crippen molar-refractivity contribution in [3.63, 3.8) is 0 Å². The predicted molar refractivity (Wildman–Crippen MR) is 59.1 cm³/mol. The molecule has 1 heterocycles. The molecule has 0 aromatic rings. The van der Waals surface area contributed by atoms with Gasteiger partial charge in [0, 0.05) is 12.6 Å². The van der Waals surface area contributed by atoms with Gasteiger partial charge in [-0.2, -0.15) is 0 Å². The topological polar surface area (TPSA) is 70.6 Å². The molecule has 3 N–H and O–H groups in total. The van der Waals surface area contributed by atoms with Crippen molar-refractivity contribution >= 4 is 6.09 Å². The number of rotatable bonds is 1. The Morgan fingerprint density at radius 2 is 2.19 bits per heavy atom. The number of amides is 1. The number of ether oxygens (including phenoxy) is 1. The largest absolute Gasteiger partial charge is 0.444 e. The van der Waals surface area contributed by atoms with Crippen LogP contribution in [-0.4, -0.2) is 41.5 Å². The van der Waals surface area contributed by atoms with Crippen molar-refractivity contribution in [1.82, 2.24) is 10.6 Å². The van der Waals surface area contributed by atoms with E-state index in [0.29, 0.717) is 5.92 Å². The lowest BCUT2D eigenvalue weighted by atomic mass is 10.0. The molecule has 0 aromatic carbocycles. The molecule has 0 spiro atoms. The van der Waals surface area contributed by atoms with Crippen molar-refractivity contribution < 1.29 is 14.6 Å². The van der Waals surface area contributed by atoms with Gasteiger partial charge >= 0.3 is 6.09 Å². The zero-order valence-electron chi connectivity index (χ0n) is 9.99. The molecular formula is C11H20N2O3. The standard InChI is InChI=1S/C11H20N2O3/c1-11(2,3)16-10(15)13-8-6-4-7(9(8)14)12-5-6/h6-9,12,14H,4-5H2,1-3H3,(H,13,15)/t6-,7+,8-,9+/m1/s1. The Morgan fingerprint density at radius 3 is 2.69 bits per heavy atom. The molecule has 5 nitrogen and oxygen atoms in total. The second-order valence-corrected chi connectivity index (χ2v) is 5.67. The van der Waals surface area contributed by atoms with Crippen LogP contribution in [0.5, 0.6) is 0 Å². The Hall–Kier alpha value is -0.810. The van der Waals surface area contributed by atoms with E-state index in [2.05, 4.69) is 10.6 Å². The summed E-state index contributed by atoms with van der Waals surface area (Å²) < 4.78 is 5.17. The van der Waals surface area contributed by atoms with Gasteiger partial charge in [-0.25, -0.2) is 4.79 Å².